The minimum atomic E-state index is -3.84. The Morgan fingerprint density at radius 2 is 1.27 bits per heavy atom. The molecule has 0 radical (unpaired) electrons. The largest absolute Gasteiger partial charge is 0.406 e. The molecule has 0 bridgehead atoms. The summed E-state index contributed by atoms with van der Waals surface area (Å²) in [4.78, 5) is 48.7. The smallest absolute Gasteiger partial charge is 0.386 e. The van der Waals surface area contributed by atoms with Crippen molar-refractivity contribution in [2.45, 2.75) is 84.4 Å². The number of alkyl halides is 2. The van der Waals surface area contributed by atoms with Crippen molar-refractivity contribution in [3.8, 4) is 0 Å². The Kier molecular flexibility index (Phi) is 15.0. The fourth-order valence-corrected chi connectivity index (χ4v) is 48.0. The number of nitrogens with zero attached hydrogens (tertiary/aromatic N) is 8. The van der Waals surface area contributed by atoms with Crippen LogP contribution in [-0.4, -0.2) is 127 Å². The number of rotatable bonds is 19. The standard InChI is InChI=1S/C20H55F2N9O3Si7/c1-27(35(24-32)19-15-17-21)41(26-34,20-16-18-22)30(4)40(14,25-33)31(37(8,9)23)39(12,13)29(3)38(10,11)28(2)36(5,6)7/h19H,15-18,20,23H2,1-14H3/b35-19-/t40?,41-/m1/s1. The first-order chi connectivity index (χ1) is 18.4. The highest BCUT2D eigenvalue weighted by atomic mass is 28.5. The molecule has 0 aliphatic rings. The van der Waals surface area contributed by atoms with Gasteiger partial charge in [0.15, 0.2) is 25.2 Å². The molecule has 0 saturated heterocycles. The van der Waals surface area contributed by atoms with Crippen molar-refractivity contribution in [3.05, 3.63) is 14.7 Å². The third-order valence-electron chi connectivity index (χ3n) is 8.56. The zero-order valence-electron chi connectivity index (χ0n) is 27.7. The fourth-order valence-electron chi connectivity index (χ4n) is 5.86. The van der Waals surface area contributed by atoms with Crippen molar-refractivity contribution in [2.75, 3.05) is 41.5 Å². The van der Waals surface area contributed by atoms with Crippen molar-refractivity contribution in [1.82, 2.24) is 20.8 Å². The minimum Gasteiger partial charge on any atom is -0.386 e. The molecule has 21 heteroatoms. The maximum absolute atomic E-state index is 13.6. The Morgan fingerprint density at radius 1 is 0.756 bits per heavy atom. The van der Waals surface area contributed by atoms with Gasteiger partial charge in [-0.05, 0) is 92.9 Å². The Balaban J connectivity index is 7.48. The van der Waals surface area contributed by atoms with Gasteiger partial charge < -0.3 is 22.0 Å². The Bertz CT molecular complexity index is 943. The highest BCUT2D eigenvalue weighted by Gasteiger charge is 2.65. The summed E-state index contributed by atoms with van der Waals surface area (Å²) in [6.45, 7) is 20.2. The van der Waals surface area contributed by atoms with Gasteiger partial charge in [-0.1, -0.05) is 39.8 Å². The molecule has 240 valence electrons. The predicted molar refractivity (Wildman–Crippen MR) is 185 cm³/mol. The normalized spacial score (nSPS) is 17.1. The predicted octanol–water partition coefficient (Wildman–Crippen LogP) is 4.31. The van der Waals surface area contributed by atoms with E-state index in [0.29, 0.717) is 0 Å². The van der Waals surface area contributed by atoms with Crippen LogP contribution in [0.3, 0.4) is 0 Å². The summed E-state index contributed by atoms with van der Waals surface area (Å²) in [5.41, 5.74) is 1.48. The molecule has 0 aliphatic heterocycles. The van der Waals surface area contributed by atoms with Gasteiger partial charge in [-0.25, -0.2) is 0 Å². The molecule has 41 heavy (non-hydrogen) atoms. The lowest BCUT2D eigenvalue weighted by Gasteiger charge is -2.61. The van der Waals surface area contributed by atoms with E-state index in [1.807, 2.05) is 13.1 Å². The molecule has 0 aromatic rings. The van der Waals surface area contributed by atoms with E-state index < -0.39 is 72.6 Å². The van der Waals surface area contributed by atoms with Crippen molar-refractivity contribution in [1.29, 1.82) is 0 Å². The third-order valence-corrected chi connectivity index (χ3v) is 45.5. The first kappa shape index (κ1) is 40.6. The summed E-state index contributed by atoms with van der Waals surface area (Å²) in [5.74, 6) is 0. The lowest BCUT2D eigenvalue weighted by molar-refractivity contribution is 0.472. The topological polar surface area (TPSA) is 131 Å². The molecular formula is C20H55F2N9O3Si7. The second kappa shape index (κ2) is 15.1. The second-order valence-electron chi connectivity index (χ2n) is 13.2. The molecule has 0 saturated carbocycles. The molecule has 2 N–H and O–H groups in total. The maximum atomic E-state index is 13.6. The first-order valence-electron chi connectivity index (χ1n) is 13.8. The van der Waals surface area contributed by atoms with E-state index in [4.69, 9.17) is 5.40 Å². The SMILES string of the molecule is CN([Si](C)(C)C)[Si](C)(C)N(C)[Si](C)(C)N([Si](C)(C)N)[Si](C)(N=O)N(C)[Si@](CCCF)(N=O)N(C)/[Si](=C\CCF)N=O. The van der Waals surface area contributed by atoms with Crippen LogP contribution in [0.25, 0.3) is 0 Å². The van der Waals surface area contributed by atoms with E-state index in [0.717, 1.165) is 0 Å². The number of nitrogens with two attached hydrogens (primary N) is 1. The van der Waals surface area contributed by atoms with Crippen molar-refractivity contribution >= 4 is 64.9 Å². The Labute approximate surface area is 254 Å². The van der Waals surface area contributed by atoms with Gasteiger partial charge in [0.25, 0.3) is 0 Å². The molecule has 0 aromatic carbocycles. The molecule has 0 heterocycles. The molecule has 0 aliphatic carbocycles. The lowest BCUT2D eigenvalue weighted by Crippen LogP contribution is -2.88. The number of hydrogen-bond acceptors (Lipinski definition) is 12. The average Bonchev–Trinajstić information content (AvgIpc) is 2.86. The summed E-state index contributed by atoms with van der Waals surface area (Å²) in [5, 5.41) is 7.04. The number of halogens is 2. The monoisotopic (exact) mass is 703 g/mol. The van der Waals surface area contributed by atoms with E-state index in [9.17, 15) is 23.5 Å². The molecule has 0 rings (SSSR count). The molecular weight excluding hydrogens is 649 g/mol. The Morgan fingerprint density at radius 3 is 1.61 bits per heavy atom. The van der Waals surface area contributed by atoms with Crippen LogP contribution in [0.2, 0.25) is 71.5 Å². The molecule has 0 aromatic heterocycles. The van der Waals surface area contributed by atoms with Gasteiger partial charge in [0.2, 0.25) is 0 Å². The van der Waals surface area contributed by atoms with Crippen molar-refractivity contribution in [3.63, 3.8) is 0 Å². The summed E-state index contributed by atoms with van der Waals surface area (Å²) < 4.78 is 37.1. The molecule has 2 atom stereocenters. The van der Waals surface area contributed by atoms with Crippen LogP contribution in [0.1, 0.15) is 12.8 Å². The summed E-state index contributed by atoms with van der Waals surface area (Å²) >= 11 is 0. The summed E-state index contributed by atoms with van der Waals surface area (Å²) in [6, 6.07) is 0.0298. The zero-order chi connectivity index (χ0) is 32.8. The van der Waals surface area contributed by atoms with Crippen LogP contribution < -0.4 is 5.40 Å². The second-order valence-corrected chi connectivity index (χ2v) is 42.4. The van der Waals surface area contributed by atoms with E-state index in [1.54, 1.807) is 29.1 Å². The molecule has 0 amide bonds. The van der Waals surface area contributed by atoms with Crippen LogP contribution in [0.4, 0.5) is 8.78 Å². The zero-order valence-corrected chi connectivity index (χ0v) is 34.7. The van der Waals surface area contributed by atoms with E-state index in [1.165, 1.54) is 5.67 Å². The van der Waals surface area contributed by atoms with E-state index in [2.05, 4.69) is 86.8 Å². The van der Waals surface area contributed by atoms with Gasteiger partial charge in [-0.15, -0.1) is 0 Å². The van der Waals surface area contributed by atoms with Crippen LogP contribution in [0.5, 0.6) is 0 Å². The maximum Gasteiger partial charge on any atom is 0.406 e. The van der Waals surface area contributed by atoms with Crippen molar-refractivity contribution < 1.29 is 8.78 Å². The van der Waals surface area contributed by atoms with E-state index in [-0.39, 0.29) is 18.9 Å². The molecule has 0 spiro atoms. The Hall–Kier alpha value is -0.352. The van der Waals surface area contributed by atoms with Crippen LogP contribution in [0, 0.1) is 14.7 Å². The fraction of sp³-hybridized carbons (Fsp3) is 0.950. The quantitative estimate of drug-likeness (QED) is 0.155. The van der Waals surface area contributed by atoms with Crippen LogP contribution >= 0.6 is 0 Å². The third kappa shape index (κ3) is 8.64. The van der Waals surface area contributed by atoms with Gasteiger partial charge in [-0.2, -0.15) is 14.7 Å². The highest BCUT2D eigenvalue weighted by molar-refractivity contribution is 7.08. The summed E-state index contributed by atoms with van der Waals surface area (Å²) in [7, 11) is -12.0. The van der Waals surface area contributed by atoms with Crippen molar-refractivity contribution in [2.24, 2.45) is 19.9 Å². The molecule has 0 fully saturated rings. The number of nitroso groups, excluding NO2 is 3. The van der Waals surface area contributed by atoms with Gasteiger partial charge in [-0.3, -0.25) is 13.0 Å². The van der Waals surface area contributed by atoms with Gasteiger partial charge in [0, 0.05) is 0 Å². The summed E-state index contributed by atoms with van der Waals surface area (Å²) in [6.07, 6.45) is 0.00328. The van der Waals surface area contributed by atoms with Gasteiger partial charge in [0.1, 0.15) is 8.24 Å². The average molecular weight is 704 g/mol. The first-order valence-corrected chi connectivity index (χ1v) is 32.0. The van der Waals surface area contributed by atoms with Crippen LogP contribution in [0.15, 0.2) is 14.5 Å². The minimum absolute atomic E-state index is 0.00884. The van der Waals surface area contributed by atoms with Crippen LogP contribution in [-0.2, 0) is 0 Å². The highest BCUT2D eigenvalue weighted by Crippen LogP contribution is 2.37. The number of hydrogen-bond donors (Lipinski definition) is 1. The van der Waals surface area contributed by atoms with Gasteiger partial charge in [0.05, 0.1) is 13.3 Å². The van der Waals surface area contributed by atoms with E-state index >= 15 is 0 Å². The molecule has 12 nitrogen and oxygen atoms in total. The lowest BCUT2D eigenvalue weighted by atomic mass is 10.6. The molecule has 1 unspecified atom stereocenters. The van der Waals surface area contributed by atoms with Gasteiger partial charge >= 0.3 is 25.8 Å².